The quantitative estimate of drug-likeness (QED) is 0.587. The molecule has 0 unspecified atom stereocenters. The number of hydrogen-bond donors (Lipinski definition) is 3. The number of anilines is 3. The third-order valence-corrected chi connectivity index (χ3v) is 3.74. The van der Waals surface area contributed by atoms with Crippen LogP contribution in [-0.4, -0.2) is 29.0 Å². The smallest absolute Gasteiger partial charge is 0.258 e. The van der Waals surface area contributed by atoms with Gasteiger partial charge in [0, 0.05) is 23.9 Å². The first-order valence-electron chi connectivity index (χ1n) is 8.59. The van der Waals surface area contributed by atoms with Crippen molar-refractivity contribution in [3.63, 3.8) is 0 Å². The highest BCUT2D eigenvalue weighted by Gasteiger charge is 2.19. The molecule has 1 aromatic carbocycles. The lowest BCUT2D eigenvalue weighted by atomic mass is 10.1. The van der Waals surface area contributed by atoms with Crippen LogP contribution >= 0.6 is 0 Å². The number of oxazole rings is 1. The van der Waals surface area contributed by atoms with Crippen molar-refractivity contribution >= 4 is 23.1 Å². The van der Waals surface area contributed by atoms with Crippen LogP contribution < -0.4 is 21.1 Å². The second kappa shape index (κ2) is 8.22. The van der Waals surface area contributed by atoms with Gasteiger partial charge in [-0.2, -0.15) is 4.98 Å². The second-order valence-electron chi connectivity index (χ2n) is 5.64. The van der Waals surface area contributed by atoms with Crippen molar-refractivity contribution in [2.75, 3.05) is 24.2 Å². The maximum absolute atomic E-state index is 12.2. The molecule has 0 bridgehead atoms. The molecule has 0 aliphatic carbocycles. The molecule has 0 atom stereocenters. The number of nitrogens with one attached hydrogen (secondary N) is 2. The van der Waals surface area contributed by atoms with E-state index in [1.807, 2.05) is 38.1 Å². The summed E-state index contributed by atoms with van der Waals surface area (Å²) in [6.45, 7) is 4.51. The monoisotopic (exact) mass is 367 g/mol. The van der Waals surface area contributed by atoms with Crippen molar-refractivity contribution in [3.8, 4) is 17.2 Å². The van der Waals surface area contributed by atoms with E-state index in [0.29, 0.717) is 30.4 Å². The summed E-state index contributed by atoms with van der Waals surface area (Å²) in [7, 11) is 0. The molecule has 0 saturated heterocycles. The molecule has 1 amide bonds. The molecule has 8 nitrogen and oxygen atoms in total. The summed E-state index contributed by atoms with van der Waals surface area (Å²) in [5.41, 5.74) is 8.33. The van der Waals surface area contributed by atoms with Crippen LogP contribution in [0.25, 0.3) is 11.3 Å². The van der Waals surface area contributed by atoms with Gasteiger partial charge in [-0.05, 0) is 38.1 Å². The lowest BCUT2D eigenvalue weighted by Gasteiger charge is -2.14. The van der Waals surface area contributed by atoms with Gasteiger partial charge in [0.2, 0.25) is 5.88 Å². The molecule has 8 heteroatoms. The van der Waals surface area contributed by atoms with Gasteiger partial charge in [-0.1, -0.05) is 0 Å². The zero-order valence-corrected chi connectivity index (χ0v) is 15.2. The first-order chi connectivity index (χ1) is 13.1. The van der Waals surface area contributed by atoms with Crippen molar-refractivity contribution in [1.29, 1.82) is 0 Å². The number of carbonyl (C=O) groups excluding carboxylic acids is 1. The van der Waals surface area contributed by atoms with E-state index < -0.39 is 0 Å². The average Bonchev–Trinajstić information content (AvgIpc) is 3.17. The molecule has 140 valence electrons. The number of carbonyl (C=O) groups is 1. The van der Waals surface area contributed by atoms with Gasteiger partial charge in [0.1, 0.15) is 11.4 Å². The van der Waals surface area contributed by atoms with E-state index >= 15 is 0 Å². The molecular formula is C19H21N5O3. The summed E-state index contributed by atoms with van der Waals surface area (Å²) in [6.07, 6.45) is 3.04. The summed E-state index contributed by atoms with van der Waals surface area (Å²) < 4.78 is 10.8. The van der Waals surface area contributed by atoms with Gasteiger partial charge in [-0.3, -0.25) is 4.79 Å². The SMILES string of the molecule is CCNC(=O)c1c(N)cc(Nc2ccc(-c3cnco3)cc2)nc1OCC. The Kier molecular flexibility index (Phi) is 5.55. The molecule has 2 heterocycles. The van der Waals surface area contributed by atoms with Crippen LogP contribution in [0.5, 0.6) is 5.88 Å². The molecule has 0 saturated carbocycles. The van der Waals surface area contributed by atoms with Crippen molar-refractivity contribution < 1.29 is 13.9 Å². The van der Waals surface area contributed by atoms with Crippen molar-refractivity contribution in [3.05, 3.63) is 48.5 Å². The van der Waals surface area contributed by atoms with Crippen molar-refractivity contribution in [2.24, 2.45) is 0 Å². The van der Waals surface area contributed by atoms with E-state index in [1.165, 1.54) is 6.39 Å². The number of pyridine rings is 1. The topological polar surface area (TPSA) is 115 Å². The van der Waals surface area contributed by atoms with Crippen molar-refractivity contribution in [2.45, 2.75) is 13.8 Å². The first kappa shape index (κ1) is 18.2. The standard InChI is InChI=1S/C19H21N5O3/c1-3-22-18(25)17-14(20)9-16(24-19(17)26-4-2)23-13-7-5-12(6-8-13)15-10-21-11-27-15/h5-11H,3-4H2,1-2H3,(H,22,25)(H3,20,23,24). The normalized spacial score (nSPS) is 10.4. The van der Waals surface area contributed by atoms with Crippen LogP contribution in [0.4, 0.5) is 17.2 Å². The molecular weight excluding hydrogens is 346 g/mol. The van der Waals surface area contributed by atoms with Gasteiger partial charge in [-0.25, -0.2) is 4.98 Å². The Bertz CT molecular complexity index is 908. The number of aromatic nitrogens is 2. The molecule has 3 rings (SSSR count). The van der Waals surface area contributed by atoms with E-state index in [0.717, 1.165) is 11.3 Å². The van der Waals surface area contributed by atoms with Gasteiger partial charge < -0.3 is 25.5 Å². The van der Waals surface area contributed by atoms with Crippen LogP contribution in [0.15, 0.2) is 47.3 Å². The number of nitrogens with zero attached hydrogens (tertiary/aromatic N) is 2. The number of benzene rings is 1. The Morgan fingerprint density at radius 3 is 2.67 bits per heavy atom. The molecule has 0 radical (unpaired) electrons. The molecule has 27 heavy (non-hydrogen) atoms. The lowest BCUT2D eigenvalue weighted by molar-refractivity contribution is 0.0952. The Balaban J connectivity index is 1.85. The first-order valence-corrected chi connectivity index (χ1v) is 8.59. The second-order valence-corrected chi connectivity index (χ2v) is 5.64. The number of rotatable bonds is 7. The summed E-state index contributed by atoms with van der Waals surface area (Å²) in [4.78, 5) is 20.5. The summed E-state index contributed by atoms with van der Waals surface area (Å²) in [5, 5.41) is 5.88. The fourth-order valence-electron chi connectivity index (χ4n) is 2.55. The largest absolute Gasteiger partial charge is 0.477 e. The summed E-state index contributed by atoms with van der Waals surface area (Å²) in [6, 6.07) is 9.18. The summed E-state index contributed by atoms with van der Waals surface area (Å²) >= 11 is 0. The Hall–Kier alpha value is -3.55. The zero-order chi connectivity index (χ0) is 19.2. The third-order valence-electron chi connectivity index (χ3n) is 3.74. The molecule has 0 fully saturated rings. The molecule has 0 aliphatic rings. The number of amides is 1. The van der Waals surface area contributed by atoms with Gasteiger partial charge in [0.15, 0.2) is 12.2 Å². The Morgan fingerprint density at radius 1 is 1.26 bits per heavy atom. The van der Waals surface area contributed by atoms with E-state index in [4.69, 9.17) is 14.9 Å². The third kappa shape index (κ3) is 4.17. The fourth-order valence-corrected chi connectivity index (χ4v) is 2.55. The molecule has 0 spiro atoms. The highest BCUT2D eigenvalue weighted by Crippen LogP contribution is 2.28. The lowest BCUT2D eigenvalue weighted by Crippen LogP contribution is -2.25. The van der Waals surface area contributed by atoms with E-state index in [1.54, 1.807) is 12.3 Å². The number of nitrogens with two attached hydrogens (primary N) is 1. The van der Waals surface area contributed by atoms with Crippen LogP contribution in [-0.2, 0) is 0 Å². The maximum atomic E-state index is 12.2. The van der Waals surface area contributed by atoms with Crippen LogP contribution in [0.1, 0.15) is 24.2 Å². The van der Waals surface area contributed by atoms with Crippen LogP contribution in [0.2, 0.25) is 0 Å². The minimum absolute atomic E-state index is 0.198. The molecule has 0 aliphatic heterocycles. The van der Waals surface area contributed by atoms with E-state index in [-0.39, 0.29) is 17.4 Å². The average molecular weight is 367 g/mol. The molecule has 2 aromatic heterocycles. The molecule has 4 N–H and O–H groups in total. The number of nitrogen functional groups attached to an aromatic ring is 1. The van der Waals surface area contributed by atoms with E-state index in [9.17, 15) is 4.79 Å². The van der Waals surface area contributed by atoms with Gasteiger partial charge in [-0.15, -0.1) is 0 Å². The van der Waals surface area contributed by atoms with Gasteiger partial charge >= 0.3 is 0 Å². The number of ether oxygens (including phenoxy) is 1. The Morgan fingerprint density at radius 2 is 2.04 bits per heavy atom. The minimum atomic E-state index is -0.311. The highest BCUT2D eigenvalue weighted by atomic mass is 16.5. The zero-order valence-electron chi connectivity index (χ0n) is 15.2. The Labute approximate surface area is 156 Å². The van der Waals surface area contributed by atoms with Crippen LogP contribution in [0, 0.1) is 0 Å². The van der Waals surface area contributed by atoms with Gasteiger partial charge in [0.05, 0.1) is 18.5 Å². The van der Waals surface area contributed by atoms with Crippen molar-refractivity contribution in [1.82, 2.24) is 15.3 Å². The number of hydrogen-bond acceptors (Lipinski definition) is 7. The predicted molar refractivity (Wildman–Crippen MR) is 103 cm³/mol. The van der Waals surface area contributed by atoms with Crippen LogP contribution in [0.3, 0.4) is 0 Å². The van der Waals surface area contributed by atoms with Gasteiger partial charge in [0.25, 0.3) is 5.91 Å². The maximum Gasteiger partial charge on any atom is 0.258 e. The predicted octanol–water partition coefficient (Wildman–Crippen LogP) is 3.21. The summed E-state index contributed by atoms with van der Waals surface area (Å²) in [5.74, 6) is 1.06. The highest BCUT2D eigenvalue weighted by molar-refractivity contribution is 6.01. The minimum Gasteiger partial charge on any atom is -0.477 e. The fraction of sp³-hybridized carbons (Fsp3) is 0.211. The van der Waals surface area contributed by atoms with E-state index in [2.05, 4.69) is 20.6 Å². The molecule has 3 aromatic rings.